The molecular formula is C15H16N8O2. The van der Waals surface area contributed by atoms with Gasteiger partial charge in [-0.25, -0.2) is 4.79 Å². The van der Waals surface area contributed by atoms with Crippen molar-refractivity contribution in [3.05, 3.63) is 36.3 Å². The number of H-pyrrole nitrogens is 1. The van der Waals surface area contributed by atoms with Crippen LogP contribution < -0.4 is 15.4 Å². The molecule has 1 saturated carbocycles. The first kappa shape index (κ1) is 15.1. The van der Waals surface area contributed by atoms with Crippen molar-refractivity contribution in [1.29, 1.82) is 0 Å². The van der Waals surface area contributed by atoms with Gasteiger partial charge in [-0.1, -0.05) is 0 Å². The molecule has 3 aromatic rings. The Morgan fingerprint density at radius 1 is 1.32 bits per heavy atom. The van der Waals surface area contributed by atoms with Crippen LogP contribution in [0.2, 0.25) is 0 Å². The number of ether oxygens (including phenoxy) is 1. The van der Waals surface area contributed by atoms with Crippen molar-refractivity contribution in [1.82, 2.24) is 30.4 Å². The second-order valence-corrected chi connectivity index (χ2v) is 5.66. The maximum Gasteiger partial charge on any atom is 0.324 e. The van der Waals surface area contributed by atoms with Gasteiger partial charge >= 0.3 is 6.03 Å². The molecule has 1 fully saturated rings. The van der Waals surface area contributed by atoms with E-state index in [4.69, 9.17) is 4.74 Å². The number of aromatic amines is 1. The Hall–Kier alpha value is -3.43. The maximum absolute atomic E-state index is 12.1. The topological polar surface area (TPSA) is 123 Å². The van der Waals surface area contributed by atoms with Crippen molar-refractivity contribution in [2.75, 3.05) is 17.7 Å². The highest BCUT2D eigenvalue weighted by atomic mass is 16.5. The lowest BCUT2D eigenvalue weighted by Gasteiger charge is -2.12. The number of nitrogens with one attached hydrogen (secondary N) is 3. The first-order chi connectivity index (χ1) is 12.2. The zero-order valence-corrected chi connectivity index (χ0v) is 13.4. The standard InChI is InChI=1S/C15H16N8O2/c1-25-12-5-4-10(17-15(24)18-13-6-7-16-19-13)8-11(12)23-14(9-2-3-9)20-21-22-23/h4-9H,2-3H2,1H3,(H3,16,17,18,19,24). The fourth-order valence-corrected chi connectivity index (χ4v) is 2.51. The van der Waals surface area contributed by atoms with Crippen LogP contribution in [0.1, 0.15) is 24.6 Å². The number of methoxy groups -OCH3 is 1. The summed E-state index contributed by atoms with van der Waals surface area (Å²) in [5.41, 5.74) is 1.26. The van der Waals surface area contributed by atoms with Crippen LogP contribution in [0.4, 0.5) is 16.3 Å². The molecule has 1 aliphatic carbocycles. The molecule has 10 heteroatoms. The Labute approximate surface area is 142 Å². The zero-order chi connectivity index (χ0) is 17.2. The van der Waals surface area contributed by atoms with Crippen LogP contribution in [0.3, 0.4) is 0 Å². The summed E-state index contributed by atoms with van der Waals surface area (Å²) in [4.78, 5) is 12.1. The normalized spacial score (nSPS) is 13.5. The highest BCUT2D eigenvalue weighted by molar-refractivity contribution is 5.99. The molecule has 0 atom stereocenters. The summed E-state index contributed by atoms with van der Waals surface area (Å²) >= 11 is 0. The van der Waals surface area contributed by atoms with E-state index in [2.05, 4.69) is 36.4 Å². The van der Waals surface area contributed by atoms with Gasteiger partial charge in [0.05, 0.1) is 13.3 Å². The number of aromatic nitrogens is 6. The molecule has 0 bridgehead atoms. The number of carbonyl (C=O) groups is 1. The Morgan fingerprint density at radius 3 is 2.92 bits per heavy atom. The number of rotatable bonds is 5. The van der Waals surface area contributed by atoms with Gasteiger partial charge in [-0.15, -0.1) is 5.10 Å². The molecule has 3 N–H and O–H groups in total. The van der Waals surface area contributed by atoms with Gasteiger partial charge in [0.15, 0.2) is 5.82 Å². The fraction of sp³-hybridized carbons (Fsp3) is 0.267. The van der Waals surface area contributed by atoms with E-state index in [1.807, 2.05) is 0 Å². The van der Waals surface area contributed by atoms with E-state index in [0.717, 1.165) is 18.7 Å². The minimum Gasteiger partial charge on any atom is -0.494 e. The van der Waals surface area contributed by atoms with Crippen molar-refractivity contribution >= 4 is 17.5 Å². The van der Waals surface area contributed by atoms with Gasteiger partial charge in [0.1, 0.15) is 17.3 Å². The number of urea groups is 1. The molecule has 0 radical (unpaired) electrons. The van der Waals surface area contributed by atoms with E-state index in [1.54, 1.807) is 42.3 Å². The number of anilines is 2. The summed E-state index contributed by atoms with van der Waals surface area (Å²) in [5.74, 6) is 2.30. The minimum absolute atomic E-state index is 0.375. The third-order valence-electron chi connectivity index (χ3n) is 3.85. The largest absolute Gasteiger partial charge is 0.494 e. The lowest BCUT2D eigenvalue weighted by atomic mass is 10.2. The van der Waals surface area contributed by atoms with E-state index in [0.29, 0.717) is 28.9 Å². The first-order valence-corrected chi connectivity index (χ1v) is 7.78. The van der Waals surface area contributed by atoms with E-state index >= 15 is 0 Å². The van der Waals surface area contributed by atoms with Gasteiger partial charge in [-0.2, -0.15) is 9.78 Å². The lowest BCUT2D eigenvalue weighted by Crippen LogP contribution is -2.19. The van der Waals surface area contributed by atoms with E-state index in [9.17, 15) is 4.79 Å². The van der Waals surface area contributed by atoms with Gasteiger partial charge in [0.25, 0.3) is 0 Å². The molecule has 0 spiro atoms. The monoisotopic (exact) mass is 340 g/mol. The SMILES string of the molecule is COc1ccc(NC(=O)Nc2ccn[nH]2)cc1-n1nnnc1C1CC1. The number of hydrogen-bond donors (Lipinski definition) is 3. The lowest BCUT2D eigenvalue weighted by molar-refractivity contribution is 0.262. The third kappa shape index (κ3) is 3.13. The Bertz CT molecular complexity index is 885. The molecule has 0 aliphatic heterocycles. The number of hydrogen-bond acceptors (Lipinski definition) is 6. The summed E-state index contributed by atoms with van der Waals surface area (Å²) in [6.07, 6.45) is 3.71. The molecule has 2 heterocycles. The van der Waals surface area contributed by atoms with Crippen molar-refractivity contribution in [3.8, 4) is 11.4 Å². The zero-order valence-electron chi connectivity index (χ0n) is 13.4. The molecule has 1 aromatic carbocycles. The van der Waals surface area contributed by atoms with Crippen molar-refractivity contribution in [3.63, 3.8) is 0 Å². The Kier molecular flexibility index (Phi) is 3.77. The fourth-order valence-electron chi connectivity index (χ4n) is 2.51. The van der Waals surface area contributed by atoms with Crippen molar-refractivity contribution < 1.29 is 9.53 Å². The van der Waals surface area contributed by atoms with E-state index in [-0.39, 0.29) is 6.03 Å². The molecule has 2 aromatic heterocycles. The van der Waals surface area contributed by atoms with Crippen LogP contribution in [0.25, 0.3) is 5.69 Å². The van der Waals surface area contributed by atoms with Gasteiger partial charge in [-0.05, 0) is 41.5 Å². The van der Waals surface area contributed by atoms with Crippen LogP contribution in [0, 0.1) is 0 Å². The molecule has 128 valence electrons. The highest BCUT2D eigenvalue weighted by Gasteiger charge is 2.30. The molecule has 2 amide bonds. The third-order valence-corrected chi connectivity index (χ3v) is 3.85. The van der Waals surface area contributed by atoms with Gasteiger partial charge in [0, 0.05) is 17.7 Å². The van der Waals surface area contributed by atoms with Crippen LogP contribution in [-0.4, -0.2) is 43.5 Å². The predicted molar refractivity (Wildman–Crippen MR) is 88.9 cm³/mol. The van der Waals surface area contributed by atoms with Gasteiger partial charge in [0.2, 0.25) is 0 Å². The van der Waals surface area contributed by atoms with E-state index in [1.165, 1.54) is 0 Å². The quantitative estimate of drug-likeness (QED) is 0.652. The minimum atomic E-state index is -0.389. The second kappa shape index (κ2) is 6.23. The number of carbonyl (C=O) groups excluding carboxylic acids is 1. The van der Waals surface area contributed by atoms with Crippen LogP contribution in [0.15, 0.2) is 30.5 Å². The first-order valence-electron chi connectivity index (χ1n) is 7.78. The van der Waals surface area contributed by atoms with Crippen molar-refractivity contribution in [2.24, 2.45) is 0 Å². The molecular weight excluding hydrogens is 324 g/mol. The summed E-state index contributed by atoms with van der Waals surface area (Å²) in [6, 6.07) is 6.55. The summed E-state index contributed by atoms with van der Waals surface area (Å²) < 4.78 is 7.07. The summed E-state index contributed by atoms with van der Waals surface area (Å²) in [5, 5.41) is 23.8. The van der Waals surface area contributed by atoms with Crippen LogP contribution in [0.5, 0.6) is 5.75 Å². The Balaban J connectivity index is 1.59. The number of tetrazole rings is 1. The highest BCUT2D eigenvalue weighted by Crippen LogP contribution is 2.40. The molecule has 10 nitrogen and oxygen atoms in total. The summed E-state index contributed by atoms with van der Waals surface area (Å²) in [6.45, 7) is 0. The molecule has 1 aliphatic rings. The number of benzene rings is 1. The van der Waals surface area contributed by atoms with Gasteiger partial charge in [-0.3, -0.25) is 10.4 Å². The molecule has 0 saturated heterocycles. The summed E-state index contributed by atoms with van der Waals surface area (Å²) in [7, 11) is 1.58. The predicted octanol–water partition coefficient (Wildman–Crippen LogP) is 1.92. The number of amides is 2. The Morgan fingerprint density at radius 2 is 2.20 bits per heavy atom. The molecule has 25 heavy (non-hydrogen) atoms. The average Bonchev–Trinajstić information content (AvgIpc) is 3.12. The van der Waals surface area contributed by atoms with Crippen LogP contribution >= 0.6 is 0 Å². The maximum atomic E-state index is 12.1. The van der Waals surface area contributed by atoms with Gasteiger partial charge < -0.3 is 10.1 Å². The number of nitrogens with zero attached hydrogens (tertiary/aromatic N) is 5. The average molecular weight is 340 g/mol. The van der Waals surface area contributed by atoms with Crippen molar-refractivity contribution in [2.45, 2.75) is 18.8 Å². The van der Waals surface area contributed by atoms with Crippen LogP contribution in [-0.2, 0) is 0 Å². The molecule has 0 unspecified atom stereocenters. The van der Waals surface area contributed by atoms with E-state index < -0.39 is 0 Å². The smallest absolute Gasteiger partial charge is 0.324 e. The molecule has 4 rings (SSSR count). The second-order valence-electron chi connectivity index (χ2n) is 5.66.